The number of carbonyl (C=O) groups excluding carboxylic acids is 1. The minimum atomic E-state index is -0.988. The fourth-order valence-electron chi connectivity index (χ4n) is 1.80. The van der Waals surface area contributed by atoms with Crippen LogP contribution in [0.2, 0.25) is 0 Å². The normalized spacial score (nSPS) is 17.8. The highest BCUT2D eigenvalue weighted by Crippen LogP contribution is 2.32. The van der Waals surface area contributed by atoms with Crippen LogP contribution in [-0.4, -0.2) is 23.1 Å². The van der Waals surface area contributed by atoms with Crippen molar-refractivity contribution in [2.45, 2.75) is 31.8 Å². The lowest BCUT2D eigenvalue weighted by atomic mass is 10.2. The van der Waals surface area contributed by atoms with E-state index < -0.39 is 18.0 Å². The Hall–Kier alpha value is -1.98. The van der Waals surface area contributed by atoms with E-state index in [1.807, 2.05) is 0 Å². The van der Waals surface area contributed by atoms with Crippen LogP contribution in [0.4, 0.5) is 4.79 Å². The smallest absolute Gasteiger partial charge is 0.326 e. The van der Waals surface area contributed by atoms with Gasteiger partial charge in [-0.2, -0.15) is 0 Å². The maximum absolute atomic E-state index is 11.7. The molecule has 98 valence electrons. The first-order valence-electron chi connectivity index (χ1n) is 5.91. The molecule has 18 heavy (non-hydrogen) atoms. The highest BCUT2D eigenvalue weighted by Gasteiger charge is 2.37. The number of urea groups is 1. The average molecular weight is 252 g/mol. The Kier molecular flexibility index (Phi) is 3.55. The van der Waals surface area contributed by atoms with Gasteiger partial charge in [0.25, 0.3) is 0 Å². The SMILES string of the molecule is CC(NC(=O)NC(C(=O)O)C1CC1)c1ccco1. The zero-order chi connectivity index (χ0) is 13.1. The van der Waals surface area contributed by atoms with Crippen LogP contribution >= 0.6 is 0 Å². The molecule has 2 rings (SSSR count). The third-order valence-electron chi connectivity index (χ3n) is 2.96. The minimum absolute atomic E-state index is 0.0622. The number of hydrogen-bond donors (Lipinski definition) is 3. The molecule has 1 saturated carbocycles. The molecule has 1 aliphatic rings. The number of hydrogen-bond acceptors (Lipinski definition) is 3. The quantitative estimate of drug-likeness (QED) is 0.740. The Morgan fingerprint density at radius 2 is 2.17 bits per heavy atom. The molecule has 0 aromatic carbocycles. The molecule has 6 heteroatoms. The van der Waals surface area contributed by atoms with Crippen LogP contribution < -0.4 is 10.6 Å². The van der Waals surface area contributed by atoms with Crippen molar-refractivity contribution in [3.63, 3.8) is 0 Å². The van der Waals surface area contributed by atoms with Crippen molar-refractivity contribution in [2.75, 3.05) is 0 Å². The molecule has 0 aliphatic heterocycles. The van der Waals surface area contributed by atoms with Gasteiger partial charge in [-0.3, -0.25) is 0 Å². The van der Waals surface area contributed by atoms with Gasteiger partial charge in [0.05, 0.1) is 12.3 Å². The molecule has 6 nitrogen and oxygen atoms in total. The molecule has 1 aromatic rings. The van der Waals surface area contributed by atoms with Crippen LogP contribution in [0.1, 0.15) is 31.6 Å². The molecule has 0 bridgehead atoms. The number of aliphatic carboxylic acids is 1. The number of rotatable bonds is 5. The standard InChI is InChI=1S/C12H16N2O4/c1-7(9-3-2-6-18-9)13-12(17)14-10(11(15)16)8-4-5-8/h2-3,6-8,10H,4-5H2,1H3,(H,15,16)(H2,13,14,17). The van der Waals surface area contributed by atoms with Crippen LogP contribution in [0, 0.1) is 5.92 Å². The van der Waals surface area contributed by atoms with Gasteiger partial charge in [-0.25, -0.2) is 9.59 Å². The van der Waals surface area contributed by atoms with Gasteiger partial charge in [0.1, 0.15) is 11.8 Å². The van der Waals surface area contributed by atoms with Crippen molar-refractivity contribution in [3.8, 4) is 0 Å². The molecule has 1 heterocycles. The lowest BCUT2D eigenvalue weighted by Gasteiger charge is -2.16. The van der Waals surface area contributed by atoms with Crippen LogP contribution in [0.3, 0.4) is 0 Å². The number of carboxylic acids is 1. The van der Waals surface area contributed by atoms with E-state index in [0.717, 1.165) is 12.8 Å². The van der Waals surface area contributed by atoms with E-state index >= 15 is 0 Å². The van der Waals surface area contributed by atoms with Gasteiger partial charge in [0.15, 0.2) is 0 Å². The fourth-order valence-corrected chi connectivity index (χ4v) is 1.80. The van der Waals surface area contributed by atoms with Crippen LogP contribution in [0.15, 0.2) is 22.8 Å². The number of furan rings is 1. The topological polar surface area (TPSA) is 91.6 Å². The molecule has 0 spiro atoms. The number of carbonyl (C=O) groups is 2. The van der Waals surface area contributed by atoms with Gasteiger partial charge in [-0.1, -0.05) is 0 Å². The summed E-state index contributed by atoms with van der Waals surface area (Å²) in [6, 6.07) is 1.90. The Bertz CT molecular complexity index is 425. The molecular formula is C12H16N2O4. The van der Waals surface area contributed by atoms with Crippen LogP contribution in [0.25, 0.3) is 0 Å². The van der Waals surface area contributed by atoms with Gasteiger partial charge >= 0.3 is 12.0 Å². The first-order valence-corrected chi connectivity index (χ1v) is 5.91. The molecule has 2 amide bonds. The summed E-state index contributed by atoms with van der Waals surface area (Å²) in [5.41, 5.74) is 0. The van der Waals surface area contributed by atoms with Gasteiger partial charge in [0, 0.05) is 0 Å². The highest BCUT2D eigenvalue weighted by atomic mass is 16.4. The summed E-state index contributed by atoms with van der Waals surface area (Å²) in [5.74, 6) is -0.297. The highest BCUT2D eigenvalue weighted by molar-refractivity contribution is 5.83. The molecule has 3 N–H and O–H groups in total. The van der Waals surface area contributed by atoms with E-state index in [-0.39, 0.29) is 12.0 Å². The zero-order valence-corrected chi connectivity index (χ0v) is 10.1. The van der Waals surface area contributed by atoms with Gasteiger partial charge in [-0.15, -0.1) is 0 Å². The summed E-state index contributed by atoms with van der Waals surface area (Å²) in [6.07, 6.45) is 3.23. The predicted molar refractivity (Wildman–Crippen MR) is 62.9 cm³/mol. The average Bonchev–Trinajstić information content (AvgIpc) is 2.98. The molecule has 2 unspecified atom stereocenters. The predicted octanol–water partition coefficient (Wildman–Crippen LogP) is 1.50. The number of carboxylic acid groups (broad SMARTS) is 1. The van der Waals surface area contributed by atoms with E-state index in [1.165, 1.54) is 6.26 Å². The van der Waals surface area contributed by atoms with Crippen molar-refractivity contribution in [1.29, 1.82) is 0 Å². The van der Waals surface area contributed by atoms with E-state index in [2.05, 4.69) is 10.6 Å². The number of amides is 2. The molecular weight excluding hydrogens is 236 g/mol. The molecule has 2 atom stereocenters. The second-order valence-electron chi connectivity index (χ2n) is 4.51. The van der Waals surface area contributed by atoms with Gasteiger partial charge in [0.2, 0.25) is 0 Å². The largest absolute Gasteiger partial charge is 0.480 e. The van der Waals surface area contributed by atoms with E-state index in [9.17, 15) is 9.59 Å². The summed E-state index contributed by atoms with van der Waals surface area (Å²) in [6.45, 7) is 1.77. The second-order valence-corrected chi connectivity index (χ2v) is 4.51. The van der Waals surface area contributed by atoms with Crippen molar-refractivity contribution in [1.82, 2.24) is 10.6 Å². The summed E-state index contributed by atoms with van der Waals surface area (Å²) >= 11 is 0. The summed E-state index contributed by atoms with van der Waals surface area (Å²) in [5, 5.41) is 14.1. The Balaban J connectivity index is 1.86. The van der Waals surface area contributed by atoms with Gasteiger partial charge < -0.3 is 20.2 Å². The van der Waals surface area contributed by atoms with Crippen molar-refractivity contribution < 1.29 is 19.1 Å². The Labute approximate surface area is 104 Å². The summed E-state index contributed by atoms with van der Waals surface area (Å²) in [4.78, 5) is 22.6. The van der Waals surface area contributed by atoms with Crippen molar-refractivity contribution >= 4 is 12.0 Å². The monoisotopic (exact) mass is 252 g/mol. The third kappa shape index (κ3) is 3.03. The Morgan fingerprint density at radius 3 is 2.67 bits per heavy atom. The Morgan fingerprint density at radius 1 is 1.44 bits per heavy atom. The minimum Gasteiger partial charge on any atom is -0.480 e. The lowest BCUT2D eigenvalue weighted by molar-refractivity contribution is -0.139. The van der Waals surface area contributed by atoms with E-state index in [1.54, 1.807) is 19.1 Å². The second kappa shape index (κ2) is 5.12. The molecule has 1 aliphatic carbocycles. The van der Waals surface area contributed by atoms with Crippen LogP contribution in [0.5, 0.6) is 0 Å². The van der Waals surface area contributed by atoms with E-state index in [4.69, 9.17) is 9.52 Å². The summed E-state index contributed by atoms with van der Waals surface area (Å²) in [7, 11) is 0. The lowest BCUT2D eigenvalue weighted by Crippen LogP contribution is -2.47. The molecule has 1 fully saturated rings. The molecule has 0 radical (unpaired) electrons. The maximum Gasteiger partial charge on any atom is 0.326 e. The van der Waals surface area contributed by atoms with Crippen LogP contribution in [-0.2, 0) is 4.79 Å². The van der Waals surface area contributed by atoms with E-state index in [0.29, 0.717) is 5.76 Å². The number of nitrogens with one attached hydrogen (secondary N) is 2. The first kappa shape index (κ1) is 12.5. The molecule has 0 saturated heterocycles. The third-order valence-corrected chi connectivity index (χ3v) is 2.96. The van der Waals surface area contributed by atoms with Gasteiger partial charge in [-0.05, 0) is 37.8 Å². The zero-order valence-electron chi connectivity index (χ0n) is 10.1. The van der Waals surface area contributed by atoms with Crippen molar-refractivity contribution in [2.24, 2.45) is 5.92 Å². The molecule has 1 aromatic heterocycles. The van der Waals surface area contributed by atoms with Crippen molar-refractivity contribution in [3.05, 3.63) is 24.2 Å². The fraction of sp³-hybridized carbons (Fsp3) is 0.500. The first-order chi connectivity index (χ1) is 8.58. The maximum atomic E-state index is 11.7. The summed E-state index contributed by atoms with van der Waals surface area (Å²) < 4.78 is 5.15.